The topological polar surface area (TPSA) is 159 Å². The third kappa shape index (κ3) is 20.1. The number of carbonyl (C=O) groups excluding carboxylic acids is 1. The molecule has 0 radical (unpaired) electrons. The van der Waals surface area contributed by atoms with Gasteiger partial charge in [-0.25, -0.2) is 4.79 Å². The van der Waals surface area contributed by atoms with Crippen LogP contribution in [-0.2, 0) is 62.6 Å². The monoisotopic (exact) mass is 771 g/mol. The fourth-order valence-electron chi connectivity index (χ4n) is 5.21. The van der Waals surface area contributed by atoms with Gasteiger partial charge in [-0.3, -0.25) is 4.79 Å². The third-order valence-electron chi connectivity index (χ3n) is 7.72. The van der Waals surface area contributed by atoms with E-state index in [-0.39, 0.29) is 6.61 Å². The number of nitrogens with one attached hydrogen (secondary N) is 1. The lowest BCUT2D eigenvalue weighted by molar-refractivity contribution is -0.143. The van der Waals surface area contributed by atoms with E-state index in [9.17, 15) is 9.59 Å². The molecule has 3 aromatic rings. The molecule has 0 aliphatic heterocycles. The van der Waals surface area contributed by atoms with Crippen molar-refractivity contribution in [1.82, 2.24) is 5.32 Å². The number of rotatable bonds is 35. The maximum atomic E-state index is 11.4. The van der Waals surface area contributed by atoms with Crippen molar-refractivity contribution in [3.05, 3.63) is 108 Å². The van der Waals surface area contributed by atoms with Gasteiger partial charge < -0.3 is 57.8 Å². The minimum Gasteiger partial charge on any atom is -0.480 e. The number of ether oxygens (including phenoxy) is 10. The molecule has 3 aromatic carbocycles. The summed E-state index contributed by atoms with van der Waals surface area (Å²) in [6.07, 6.45) is 0. The molecule has 2 N–H and O–H groups in total. The highest BCUT2D eigenvalue weighted by Gasteiger charge is 2.37. The molecule has 304 valence electrons. The Kier molecular flexibility index (Phi) is 25.2. The number of carbonyl (C=O) groups is 2. The SMILES string of the molecule is O=C(O)COCC(=O)NCCOCCOCCOCCOCCOCCOCCOCCOCCOC(c1ccccc1)(c1ccccc1)c1ccccc1. The van der Waals surface area contributed by atoms with Crippen LogP contribution in [0.15, 0.2) is 91.0 Å². The Bertz CT molecular complexity index is 1270. The predicted molar refractivity (Wildman–Crippen MR) is 203 cm³/mol. The summed E-state index contributed by atoms with van der Waals surface area (Å²) in [5.74, 6) is -1.52. The van der Waals surface area contributed by atoms with E-state index >= 15 is 0 Å². The van der Waals surface area contributed by atoms with Gasteiger partial charge in [0.25, 0.3) is 0 Å². The standard InChI is InChI=1S/C41H57NO13/c43-39(34-54-35-40(44)45)42-16-17-46-18-19-47-20-21-48-22-23-49-24-25-50-26-27-51-28-29-52-30-31-53-32-33-55-41(36-10-4-1-5-11-36,37-12-6-2-7-13-37)38-14-8-3-9-15-38/h1-15H,16-35H2,(H,42,43)(H,44,45). The van der Waals surface area contributed by atoms with Gasteiger partial charge in [0.05, 0.1) is 112 Å². The van der Waals surface area contributed by atoms with Crippen LogP contribution in [0.2, 0.25) is 0 Å². The van der Waals surface area contributed by atoms with Gasteiger partial charge in [-0.2, -0.15) is 0 Å². The molecule has 0 aliphatic rings. The molecule has 0 fully saturated rings. The number of amides is 1. The van der Waals surface area contributed by atoms with Crippen molar-refractivity contribution in [3.63, 3.8) is 0 Å². The van der Waals surface area contributed by atoms with Crippen LogP contribution in [0, 0.1) is 0 Å². The Hall–Kier alpha value is -3.80. The zero-order valence-corrected chi connectivity index (χ0v) is 31.6. The zero-order valence-electron chi connectivity index (χ0n) is 31.6. The Morgan fingerprint density at radius 2 is 0.727 bits per heavy atom. The van der Waals surface area contributed by atoms with Crippen LogP contribution in [-0.4, -0.2) is 149 Å². The molecule has 0 bridgehead atoms. The van der Waals surface area contributed by atoms with E-state index in [0.29, 0.717) is 119 Å². The van der Waals surface area contributed by atoms with Crippen molar-refractivity contribution in [1.29, 1.82) is 0 Å². The van der Waals surface area contributed by atoms with Gasteiger partial charge in [0, 0.05) is 6.54 Å². The van der Waals surface area contributed by atoms with Crippen LogP contribution in [0.4, 0.5) is 0 Å². The molecular weight excluding hydrogens is 714 g/mol. The Labute approximate surface area is 324 Å². The molecule has 0 saturated carbocycles. The Morgan fingerprint density at radius 3 is 1.05 bits per heavy atom. The Morgan fingerprint density at radius 1 is 0.418 bits per heavy atom. The maximum absolute atomic E-state index is 11.4. The summed E-state index contributed by atoms with van der Waals surface area (Å²) in [5, 5.41) is 11.0. The number of carboxylic acids is 1. The molecule has 0 aliphatic carbocycles. The van der Waals surface area contributed by atoms with E-state index in [2.05, 4.69) is 46.5 Å². The predicted octanol–water partition coefficient (Wildman–Crippen LogP) is 3.35. The van der Waals surface area contributed by atoms with Crippen molar-refractivity contribution in [2.24, 2.45) is 0 Å². The molecule has 14 nitrogen and oxygen atoms in total. The smallest absolute Gasteiger partial charge is 0.329 e. The molecule has 0 aromatic heterocycles. The normalized spacial score (nSPS) is 11.5. The van der Waals surface area contributed by atoms with Crippen LogP contribution in [0.3, 0.4) is 0 Å². The van der Waals surface area contributed by atoms with Gasteiger partial charge in [0.2, 0.25) is 5.91 Å². The average molecular weight is 772 g/mol. The van der Waals surface area contributed by atoms with E-state index in [4.69, 9.17) is 47.7 Å². The third-order valence-corrected chi connectivity index (χ3v) is 7.72. The molecule has 1 amide bonds. The summed E-state index contributed by atoms with van der Waals surface area (Å²) in [4.78, 5) is 21.7. The quantitative estimate of drug-likeness (QED) is 0.0664. The largest absolute Gasteiger partial charge is 0.480 e. The summed E-state index contributed by atoms with van der Waals surface area (Å²) < 4.78 is 55.7. The number of hydrogen-bond acceptors (Lipinski definition) is 12. The Balaban J connectivity index is 1.07. The minimum absolute atomic E-state index is 0.298. The molecule has 0 spiro atoms. The number of aliphatic carboxylic acids is 1. The summed E-state index contributed by atoms with van der Waals surface area (Å²) in [6.45, 7) is 6.93. The number of carboxylic acid groups (broad SMARTS) is 1. The molecule has 55 heavy (non-hydrogen) atoms. The van der Waals surface area contributed by atoms with E-state index in [1.54, 1.807) is 0 Å². The molecule has 0 heterocycles. The number of hydrogen-bond donors (Lipinski definition) is 2. The fourth-order valence-corrected chi connectivity index (χ4v) is 5.21. The molecule has 3 rings (SSSR count). The summed E-state index contributed by atoms with van der Waals surface area (Å²) in [5.41, 5.74) is 2.41. The van der Waals surface area contributed by atoms with Gasteiger partial charge in [-0.15, -0.1) is 0 Å². The summed E-state index contributed by atoms with van der Waals surface area (Å²) in [7, 11) is 0. The highest BCUT2D eigenvalue weighted by molar-refractivity contribution is 5.77. The first-order chi connectivity index (χ1) is 27.1. The first kappa shape index (κ1) is 45.6. The zero-order chi connectivity index (χ0) is 38.9. The summed E-state index contributed by atoms with van der Waals surface area (Å²) in [6, 6.07) is 30.9. The second-order valence-corrected chi connectivity index (χ2v) is 11.8. The maximum Gasteiger partial charge on any atom is 0.329 e. The first-order valence-corrected chi connectivity index (χ1v) is 18.6. The van der Waals surface area contributed by atoms with Gasteiger partial charge in [0.1, 0.15) is 18.8 Å². The molecule has 0 atom stereocenters. The van der Waals surface area contributed by atoms with E-state index in [0.717, 1.165) is 16.7 Å². The minimum atomic E-state index is -1.12. The van der Waals surface area contributed by atoms with Crippen molar-refractivity contribution < 1.29 is 62.1 Å². The van der Waals surface area contributed by atoms with Gasteiger partial charge in [0.15, 0.2) is 0 Å². The van der Waals surface area contributed by atoms with Crippen LogP contribution in [0.1, 0.15) is 16.7 Å². The second kappa shape index (κ2) is 30.4. The molecule has 14 heteroatoms. The van der Waals surface area contributed by atoms with Crippen LogP contribution in [0.25, 0.3) is 0 Å². The van der Waals surface area contributed by atoms with Crippen LogP contribution >= 0.6 is 0 Å². The lowest BCUT2D eigenvalue weighted by Crippen LogP contribution is -2.34. The van der Waals surface area contributed by atoms with E-state index in [1.165, 1.54) is 0 Å². The molecule has 0 unspecified atom stereocenters. The highest BCUT2D eigenvalue weighted by atomic mass is 16.6. The fraction of sp³-hybridized carbons (Fsp3) is 0.512. The van der Waals surface area contributed by atoms with Crippen LogP contribution < -0.4 is 5.32 Å². The molecular formula is C41H57NO13. The van der Waals surface area contributed by atoms with Crippen LogP contribution in [0.5, 0.6) is 0 Å². The molecule has 0 saturated heterocycles. The van der Waals surface area contributed by atoms with E-state index < -0.39 is 24.1 Å². The van der Waals surface area contributed by atoms with Crippen molar-refractivity contribution in [2.75, 3.05) is 132 Å². The highest BCUT2D eigenvalue weighted by Crippen LogP contribution is 2.40. The second-order valence-electron chi connectivity index (χ2n) is 11.8. The lowest BCUT2D eigenvalue weighted by Gasteiger charge is -2.36. The summed E-state index contributed by atoms with van der Waals surface area (Å²) >= 11 is 0. The van der Waals surface area contributed by atoms with Crippen molar-refractivity contribution in [2.45, 2.75) is 5.60 Å². The lowest BCUT2D eigenvalue weighted by atomic mass is 9.80. The van der Waals surface area contributed by atoms with Gasteiger partial charge in [-0.05, 0) is 16.7 Å². The number of benzene rings is 3. The first-order valence-electron chi connectivity index (χ1n) is 18.6. The van der Waals surface area contributed by atoms with Gasteiger partial charge >= 0.3 is 5.97 Å². The van der Waals surface area contributed by atoms with Crippen molar-refractivity contribution >= 4 is 11.9 Å². The average Bonchev–Trinajstić information content (AvgIpc) is 3.21. The van der Waals surface area contributed by atoms with Gasteiger partial charge in [-0.1, -0.05) is 91.0 Å². The van der Waals surface area contributed by atoms with Crippen molar-refractivity contribution in [3.8, 4) is 0 Å². The van der Waals surface area contributed by atoms with E-state index in [1.807, 2.05) is 54.6 Å².